The molecule has 94 valence electrons. The molecule has 4 heteroatoms. The Morgan fingerprint density at radius 1 is 1.25 bits per heavy atom. The molecule has 1 N–H and O–H groups in total. The summed E-state index contributed by atoms with van der Waals surface area (Å²) in [7, 11) is 0. The van der Waals surface area contributed by atoms with Gasteiger partial charge in [-0.25, -0.2) is 0 Å². The van der Waals surface area contributed by atoms with Crippen molar-refractivity contribution in [1.82, 2.24) is 0 Å². The molecule has 0 aromatic heterocycles. The molecule has 0 atom stereocenters. The van der Waals surface area contributed by atoms with Crippen molar-refractivity contribution in [3.05, 3.63) is 25.3 Å². The number of esters is 1. The smallest absolute Gasteiger partial charge is 0.307 e. The fraction of sp³-hybridized carbons (Fsp3) is 0.500. The topological polar surface area (TPSA) is 63.6 Å². The largest absolute Gasteiger partial charge is 0.481 e. The van der Waals surface area contributed by atoms with Crippen molar-refractivity contribution in [3.8, 4) is 0 Å². The van der Waals surface area contributed by atoms with E-state index < -0.39 is 5.97 Å². The zero-order valence-electron chi connectivity index (χ0n) is 10.4. The first kappa shape index (κ1) is 19.9. The van der Waals surface area contributed by atoms with Crippen LogP contribution in [0.5, 0.6) is 0 Å². The van der Waals surface area contributed by atoms with Crippen LogP contribution in [-0.4, -0.2) is 23.7 Å². The second-order valence-corrected chi connectivity index (χ2v) is 2.40. The number of hydrogen-bond acceptors (Lipinski definition) is 3. The van der Waals surface area contributed by atoms with Crippen molar-refractivity contribution >= 4 is 11.9 Å². The van der Waals surface area contributed by atoms with Gasteiger partial charge in [0.05, 0.1) is 13.0 Å². The molecular formula is C12H22O4. The van der Waals surface area contributed by atoms with Gasteiger partial charge < -0.3 is 9.84 Å². The van der Waals surface area contributed by atoms with Crippen molar-refractivity contribution in [2.45, 2.75) is 33.6 Å². The Kier molecular flexibility index (Phi) is 23.7. The SMILES string of the molecule is C=C.CCC=CCC(=O)O.CCOC(C)=O. The minimum absolute atomic E-state index is 0.147. The molecule has 4 nitrogen and oxygen atoms in total. The molecule has 0 aliphatic carbocycles. The molecule has 0 aromatic carbocycles. The van der Waals surface area contributed by atoms with Gasteiger partial charge in [-0.2, -0.15) is 0 Å². The molecule has 0 unspecified atom stereocenters. The third-order valence-corrected chi connectivity index (χ3v) is 1.04. The van der Waals surface area contributed by atoms with Crippen molar-refractivity contribution in [2.75, 3.05) is 6.61 Å². The van der Waals surface area contributed by atoms with E-state index in [4.69, 9.17) is 5.11 Å². The van der Waals surface area contributed by atoms with E-state index in [0.717, 1.165) is 6.42 Å². The molecule has 0 aliphatic rings. The summed E-state index contributed by atoms with van der Waals surface area (Å²) in [5, 5.41) is 8.09. The van der Waals surface area contributed by atoms with Gasteiger partial charge in [0.15, 0.2) is 0 Å². The van der Waals surface area contributed by atoms with Gasteiger partial charge in [0.25, 0.3) is 0 Å². The highest BCUT2D eigenvalue weighted by Crippen LogP contribution is 1.84. The lowest BCUT2D eigenvalue weighted by atomic mass is 10.3. The van der Waals surface area contributed by atoms with Crippen LogP contribution in [0.2, 0.25) is 0 Å². The Balaban J connectivity index is -0.000000188. The van der Waals surface area contributed by atoms with E-state index in [-0.39, 0.29) is 12.4 Å². The average Bonchev–Trinajstić information content (AvgIpc) is 2.21. The van der Waals surface area contributed by atoms with E-state index in [1.807, 2.05) is 13.0 Å². The van der Waals surface area contributed by atoms with Crippen LogP contribution in [0.4, 0.5) is 0 Å². The average molecular weight is 230 g/mol. The van der Waals surface area contributed by atoms with Gasteiger partial charge in [-0.3, -0.25) is 9.59 Å². The fourth-order valence-electron chi connectivity index (χ4n) is 0.554. The fourth-order valence-corrected chi connectivity index (χ4v) is 0.554. The lowest BCUT2D eigenvalue weighted by Crippen LogP contribution is -1.95. The first-order chi connectivity index (χ1) is 7.54. The third-order valence-electron chi connectivity index (χ3n) is 1.04. The first-order valence-electron chi connectivity index (χ1n) is 5.04. The number of carbonyl (C=O) groups excluding carboxylic acids is 1. The zero-order valence-corrected chi connectivity index (χ0v) is 10.4. The molecule has 0 fully saturated rings. The van der Waals surface area contributed by atoms with E-state index in [1.54, 1.807) is 13.0 Å². The summed E-state index contributed by atoms with van der Waals surface area (Å²) in [5.41, 5.74) is 0. The van der Waals surface area contributed by atoms with E-state index in [9.17, 15) is 9.59 Å². The summed E-state index contributed by atoms with van der Waals surface area (Å²) < 4.78 is 4.40. The Hall–Kier alpha value is -1.58. The van der Waals surface area contributed by atoms with Crippen LogP contribution in [0.25, 0.3) is 0 Å². The summed E-state index contributed by atoms with van der Waals surface area (Å²) >= 11 is 0. The molecule has 0 saturated carbocycles. The molecular weight excluding hydrogens is 208 g/mol. The van der Waals surface area contributed by atoms with Crippen LogP contribution in [0.1, 0.15) is 33.6 Å². The van der Waals surface area contributed by atoms with E-state index in [2.05, 4.69) is 17.9 Å². The monoisotopic (exact) mass is 230 g/mol. The third kappa shape index (κ3) is 39.3. The highest BCUT2D eigenvalue weighted by atomic mass is 16.5. The number of hydrogen-bond donors (Lipinski definition) is 1. The highest BCUT2D eigenvalue weighted by molar-refractivity contribution is 5.68. The van der Waals surface area contributed by atoms with E-state index in [1.165, 1.54) is 6.92 Å². The lowest BCUT2D eigenvalue weighted by molar-refractivity contribution is -0.140. The molecule has 0 heterocycles. The first-order valence-corrected chi connectivity index (χ1v) is 5.04. The molecule has 0 spiro atoms. The van der Waals surface area contributed by atoms with Gasteiger partial charge in [-0.05, 0) is 13.3 Å². The van der Waals surface area contributed by atoms with Gasteiger partial charge in [-0.15, -0.1) is 13.2 Å². The Morgan fingerprint density at radius 2 is 1.75 bits per heavy atom. The maximum absolute atomic E-state index is 9.82. The van der Waals surface area contributed by atoms with Crippen LogP contribution in [0, 0.1) is 0 Å². The number of rotatable bonds is 4. The molecule has 16 heavy (non-hydrogen) atoms. The summed E-state index contributed by atoms with van der Waals surface area (Å²) in [6.45, 7) is 11.6. The van der Waals surface area contributed by atoms with Gasteiger partial charge in [0, 0.05) is 6.92 Å². The van der Waals surface area contributed by atoms with Gasteiger partial charge in [0.2, 0.25) is 0 Å². The molecule has 0 saturated heterocycles. The number of ether oxygens (including phenoxy) is 1. The molecule has 0 radical (unpaired) electrons. The second-order valence-electron chi connectivity index (χ2n) is 2.40. The van der Waals surface area contributed by atoms with Gasteiger partial charge in [0.1, 0.15) is 0 Å². The maximum Gasteiger partial charge on any atom is 0.307 e. The predicted molar refractivity (Wildman–Crippen MR) is 65.2 cm³/mol. The van der Waals surface area contributed by atoms with E-state index >= 15 is 0 Å². The number of carbonyl (C=O) groups is 2. The zero-order chi connectivity index (χ0) is 13.4. The van der Waals surface area contributed by atoms with Crippen LogP contribution >= 0.6 is 0 Å². The second kappa shape index (κ2) is 19.1. The van der Waals surface area contributed by atoms with E-state index in [0.29, 0.717) is 6.61 Å². The maximum atomic E-state index is 9.82. The van der Waals surface area contributed by atoms with Crippen LogP contribution in [0.15, 0.2) is 25.3 Å². The summed E-state index contributed by atoms with van der Waals surface area (Å²) in [6.07, 6.45) is 4.55. The van der Waals surface area contributed by atoms with Crippen LogP contribution < -0.4 is 0 Å². The molecule has 0 aromatic rings. The van der Waals surface area contributed by atoms with Gasteiger partial charge >= 0.3 is 11.9 Å². The number of allylic oxidation sites excluding steroid dienone is 1. The normalized spacial score (nSPS) is 8.19. The molecule has 0 aliphatic heterocycles. The van der Waals surface area contributed by atoms with Crippen molar-refractivity contribution in [2.24, 2.45) is 0 Å². The number of carboxylic acid groups (broad SMARTS) is 1. The molecule has 0 rings (SSSR count). The Labute approximate surface area is 97.6 Å². The van der Waals surface area contributed by atoms with Crippen molar-refractivity contribution < 1.29 is 19.4 Å². The lowest BCUT2D eigenvalue weighted by Gasteiger charge is -1.89. The number of carboxylic acids is 1. The summed E-state index contributed by atoms with van der Waals surface area (Å²) in [6, 6.07) is 0. The minimum Gasteiger partial charge on any atom is -0.481 e. The van der Waals surface area contributed by atoms with Crippen LogP contribution in [-0.2, 0) is 14.3 Å². The standard InChI is InChI=1S/C6H10O2.C4H8O2.C2H4/c1-2-3-4-5-6(7)8;1-3-6-4(2)5;1-2/h3-4H,2,5H2,1H3,(H,7,8);3H2,1-2H3;1-2H2. The minimum atomic E-state index is -0.769. The van der Waals surface area contributed by atoms with Crippen molar-refractivity contribution in [3.63, 3.8) is 0 Å². The Morgan fingerprint density at radius 3 is 1.94 bits per heavy atom. The number of aliphatic carboxylic acids is 1. The van der Waals surface area contributed by atoms with Crippen LogP contribution in [0.3, 0.4) is 0 Å². The Bertz CT molecular complexity index is 197. The molecule has 0 bridgehead atoms. The molecule has 0 amide bonds. The quantitative estimate of drug-likeness (QED) is 0.595. The summed E-state index contributed by atoms with van der Waals surface area (Å²) in [5.74, 6) is -0.979. The van der Waals surface area contributed by atoms with Gasteiger partial charge in [-0.1, -0.05) is 19.1 Å². The highest BCUT2D eigenvalue weighted by Gasteiger charge is 1.86. The summed E-state index contributed by atoms with van der Waals surface area (Å²) in [4.78, 5) is 19.6. The van der Waals surface area contributed by atoms with Crippen molar-refractivity contribution in [1.29, 1.82) is 0 Å². The predicted octanol–water partition coefficient (Wildman–Crippen LogP) is 2.80.